The van der Waals surface area contributed by atoms with E-state index < -0.39 is 17.5 Å². The molecule has 0 aliphatic carbocycles. The van der Waals surface area contributed by atoms with Crippen molar-refractivity contribution in [1.29, 1.82) is 0 Å². The van der Waals surface area contributed by atoms with Crippen LogP contribution in [0.5, 0.6) is 0 Å². The minimum atomic E-state index is -0.812. The number of carbonyl (C=O) groups excluding carboxylic acids is 2. The second-order valence-electron chi connectivity index (χ2n) is 7.54. The highest BCUT2D eigenvalue weighted by molar-refractivity contribution is 5.95. The fourth-order valence-electron chi connectivity index (χ4n) is 3.84. The van der Waals surface area contributed by atoms with Crippen molar-refractivity contribution in [2.24, 2.45) is 0 Å². The molecule has 1 atom stereocenters. The van der Waals surface area contributed by atoms with E-state index in [1.54, 1.807) is 12.1 Å². The highest BCUT2D eigenvalue weighted by Gasteiger charge is 2.34. The van der Waals surface area contributed by atoms with Crippen molar-refractivity contribution in [3.8, 4) is 0 Å². The number of ether oxygens (including phenoxy) is 1. The molecule has 4 rings (SSSR count). The quantitative estimate of drug-likeness (QED) is 0.678. The fraction of sp³-hybridized carbons (Fsp3) is 0.200. The Kier molecular flexibility index (Phi) is 5.17. The zero-order valence-corrected chi connectivity index (χ0v) is 16.3. The number of amides is 1. The summed E-state index contributed by atoms with van der Waals surface area (Å²) in [4.78, 5) is 25.1. The molecule has 0 radical (unpaired) electrons. The van der Waals surface area contributed by atoms with Crippen LogP contribution in [0.25, 0.3) is 0 Å². The molecule has 0 saturated heterocycles. The zero-order chi connectivity index (χ0) is 20.3. The second-order valence-corrected chi connectivity index (χ2v) is 7.54. The smallest absolute Gasteiger partial charge is 0.339 e. The van der Waals surface area contributed by atoms with Crippen LogP contribution >= 0.6 is 0 Å². The van der Waals surface area contributed by atoms with Crippen molar-refractivity contribution in [2.45, 2.75) is 24.9 Å². The summed E-state index contributed by atoms with van der Waals surface area (Å²) in [5, 5.41) is 3.03. The van der Waals surface area contributed by atoms with Gasteiger partial charge in [0.1, 0.15) is 0 Å². The maximum Gasteiger partial charge on any atom is 0.339 e. The molecule has 1 N–H and O–H groups in total. The third-order valence-electron chi connectivity index (χ3n) is 5.62. The van der Waals surface area contributed by atoms with Gasteiger partial charge in [-0.1, -0.05) is 78.9 Å². The Bertz CT molecular complexity index is 975. The molecular formula is C25H23NO3. The van der Waals surface area contributed by atoms with Crippen LogP contribution in [0.15, 0.2) is 84.9 Å². The molecular weight excluding hydrogens is 362 g/mol. The van der Waals surface area contributed by atoms with Crippen molar-refractivity contribution < 1.29 is 14.3 Å². The highest BCUT2D eigenvalue weighted by Crippen LogP contribution is 2.31. The van der Waals surface area contributed by atoms with Gasteiger partial charge in [-0.25, -0.2) is 4.79 Å². The number of hydrogen-bond donors (Lipinski definition) is 1. The summed E-state index contributed by atoms with van der Waals surface area (Å²) in [7, 11) is 0. The van der Waals surface area contributed by atoms with Crippen molar-refractivity contribution in [3.63, 3.8) is 0 Å². The Morgan fingerprint density at radius 1 is 0.931 bits per heavy atom. The van der Waals surface area contributed by atoms with E-state index in [1.807, 2.05) is 48.5 Å². The third kappa shape index (κ3) is 3.79. The SMILES string of the molecule is CC(CNC(=O)C1Cc2ccccc2C(=O)O1)(c1ccccc1)c1ccccc1. The Hall–Kier alpha value is -3.40. The van der Waals surface area contributed by atoms with Gasteiger partial charge in [0, 0.05) is 18.4 Å². The van der Waals surface area contributed by atoms with Crippen LogP contribution in [0.2, 0.25) is 0 Å². The van der Waals surface area contributed by atoms with Crippen molar-refractivity contribution in [1.82, 2.24) is 5.32 Å². The number of cyclic esters (lactones) is 1. The first-order chi connectivity index (χ1) is 14.1. The van der Waals surface area contributed by atoms with Gasteiger partial charge in [0.05, 0.1) is 5.56 Å². The molecule has 1 aliphatic heterocycles. The fourth-order valence-corrected chi connectivity index (χ4v) is 3.84. The van der Waals surface area contributed by atoms with Crippen LogP contribution < -0.4 is 5.32 Å². The Balaban J connectivity index is 1.54. The molecule has 1 heterocycles. The van der Waals surface area contributed by atoms with Crippen molar-refractivity contribution >= 4 is 11.9 Å². The van der Waals surface area contributed by atoms with E-state index in [0.717, 1.165) is 16.7 Å². The van der Waals surface area contributed by atoms with E-state index in [9.17, 15) is 9.59 Å². The number of rotatable bonds is 5. The summed E-state index contributed by atoms with van der Waals surface area (Å²) in [5.41, 5.74) is 3.19. The summed E-state index contributed by atoms with van der Waals surface area (Å²) < 4.78 is 5.40. The van der Waals surface area contributed by atoms with Crippen LogP contribution in [-0.4, -0.2) is 24.5 Å². The topological polar surface area (TPSA) is 55.4 Å². The molecule has 4 nitrogen and oxygen atoms in total. The minimum Gasteiger partial charge on any atom is -0.448 e. The lowest BCUT2D eigenvalue weighted by Gasteiger charge is -2.32. The molecule has 0 spiro atoms. The van der Waals surface area contributed by atoms with Gasteiger partial charge in [-0.05, 0) is 29.7 Å². The molecule has 3 aromatic rings. The second kappa shape index (κ2) is 7.92. The lowest BCUT2D eigenvalue weighted by Crippen LogP contribution is -2.46. The Morgan fingerprint density at radius 3 is 2.10 bits per heavy atom. The van der Waals surface area contributed by atoms with Crippen molar-refractivity contribution in [3.05, 3.63) is 107 Å². The molecule has 3 aromatic carbocycles. The van der Waals surface area contributed by atoms with E-state index in [1.165, 1.54) is 0 Å². The first kappa shape index (κ1) is 18.9. The largest absolute Gasteiger partial charge is 0.448 e. The first-order valence-electron chi connectivity index (χ1n) is 9.75. The number of esters is 1. The average Bonchev–Trinajstić information content (AvgIpc) is 2.78. The predicted octanol–water partition coefficient (Wildman–Crippen LogP) is 3.89. The van der Waals surface area contributed by atoms with Gasteiger partial charge in [0.2, 0.25) is 0 Å². The molecule has 1 aliphatic rings. The Labute approximate surface area is 170 Å². The van der Waals surface area contributed by atoms with Crippen LogP contribution in [-0.2, 0) is 21.4 Å². The number of fused-ring (bicyclic) bond motifs is 1. The van der Waals surface area contributed by atoms with Crippen LogP contribution in [0.3, 0.4) is 0 Å². The van der Waals surface area contributed by atoms with E-state index in [2.05, 4.69) is 36.5 Å². The van der Waals surface area contributed by atoms with Crippen LogP contribution in [0.1, 0.15) is 34.0 Å². The highest BCUT2D eigenvalue weighted by atomic mass is 16.5. The molecule has 0 fully saturated rings. The third-order valence-corrected chi connectivity index (χ3v) is 5.62. The normalized spacial score (nSPS) is 15.9. The summed E-state index contributed by atoms with van der Waals surface area (Å²) >= 11 is 0. The van der Waals surface area contributed by atoms with E-state index in [0.29, 0.717) is 18.5 Å². The number of benzene rings is 3. The molecule has 29 heavy (non-hydrogen) atoms. The molecule has 0 bridgehead atoms. The van der Waals surface area contributed by atoms with Gasteiger partial charge in [-0.3, -0.25) is 4.79 Å². The first-order valence-corrected chi connectivity index (χ1v) is 9.75. The standard InChI is InChI=1S/C25H23NO3/c1-25(19-11-4-2-5-12-19,20-13-6-3-7-14-20)17-26-23(27)22-16-18-10-8-9-15-21(18)24(28)29-22/h2-15,22H,16-17H2,1H3,(H,26,27). The van der Waals surface area contributed by atoms with Gasteiger partial charge in [-0.2, -0.15) is 0 Å². The van der Waals surface area contributed by atoms with E-state index >= 15 is 0 Å². The maximum absolute atomic E-state index is 12.9. The van der Waals surface area contributed by atoms with Gasteiger partial charge in [-0.15, -0.1) is 0 Å². The summed E-state index contributed by atoms with van der Waals surface area (Å²) in [5.74, 6) is -0.716. The van der Waals surface area contributed by atoms with Gasteiger partial charge < -0.3 is 10.1 Å². The van der Waals surface area contributed by atoms with E-state index in [4.69, 9.17) is 4.74 Å². The maximum atomic E-state index is 12.9. The Morgan fingerprint density at radius 2 is 1.48 bits per heavy atom. The zero-order valence-electron chi connectivity index (χ0n) is 16.3. The van der Waals surface area contributed by atoms with Gasteiger partial charge >= 0.3 is 5.97 Å². The molecule has 4 heteroatoms. The lowest BCUT2D eigenvalue weighted by molar-refractivity contribution is -0.130. The summed E-state index contributed by atoms with van der Waals surface area (Å²) in [6.45, 7) is 2.51. The molecule has 1 unspecified atom stereocenters. The molecule has 146 valence electrons. The molecule has 1 amide bonds. The van der Waals surface area contributed by atoms with E-state index in [-0.39, 0.29) is 5.91 Å². The summed E-state index contributed by atoms with van der Waals surface area (Å²) in [6, 6.07) is 27.5. The lowest BCUT2D eigenvalue weighted by atomic mass is 9.76. The number of nitrogens with one attached hydrogen (secondary N) is 1. The predicted molar refractivity (Wildman–Crippen MR) is 112 cm³/mol. The number of hydrogen-bond acceptors (Lipinski definition) is 3. The van der Waals surface area contributed by atoms with Crippen LogP contribution in [0, 0.1) is 0 Å². The average molecular weight is 385 g/mol. The molecule has 0 saturated carbocycles. The van der Waals surface area contributed by atoms with Crippen LogP contribution in [0.4, 0.5) is 0 Å². The summed E-state index contributed by atoms with van der Waals surface area (Å²) in [6.07, 6.45) is -0.422. The monoisotopic (exact) mass is 385 g/mol. The minimum absolute atomic E-state index is 0.272. The van der Waals surface area contributed by atoms with Crippen molar-refractivity contribution in [2.75, 3.05) is 6.54 Å². The van der Waals surface area contributed by atoms with Gasteiger partial charge in [0.15, 0.2) is 6.10 Å². The van der Waals surface area contributed by atoms with Gasteiger partial charge in [0.25, 0.3) is 5.91 Å². The number of carbonyl (C=O) groups is 2. The molecule has 0 aromatic heterocycles.